The number of nitro groups is 2. The van der Waals surface area contributed by atoms with Crippen LogP contribution < -0.4 is 16.0 Å². The maximum atomic E-state index is 13.1. The van der Waals surface area contributed by atoms with Crippen LogP contribution in [-0.4, -0.2) is 84.3 Å². The number of nitrogens with one attached hydrogen (secondary N) is 3. The Morgan fingerprint density at radius 3 is 1.58 bits per heavy atom. The Balaban J connectivity index is 0.000000217. The molecule has 0 aliphatic carbocycles. The number of piperidine rings is 2. The number of halogens is 4. The van der Waals surface area contributed by atoms with Crippen molar-refractivity contribution in [1.82, 2.24) is 24.2 Å². The largest absolute Gasteiger partial charge is 0.417 e. The standard InChI is InChI=1S/C25H27N3O5S2.C23H21ClF3N5O5S2/c29-25(21-8-10-22(11-9-21)28(30)31)26-18-23-12-13-24(34-23)35(32,33)27-16-14-20(15-17-27)7-6-19-4-2-1-3-5-19;24-19-11-15(23(25,26)27)12-28-21(19)30-16-7-9-31(10-8-16)39(36,37)20-6-5-18(38-20)13-29-22(33)14-1-3-17(4-2-14)32(34)35/h1-5,8-13,20H,6-7,14-18H2,(H,26,29);1-6,11-12,16H,7-10,13H2,(H,28,30)(H,29,33). The number of rotatable bonds is 17. The van der Waals surface area contributed by atoms with Gasteiger partial charge < -0.3 is 16.0 Å². The second-order valence-corrected chi connectivity index (χ2v) is 24.2. The highest BCUT2D eigenvalue weighted by Gasteiger charge is 2.34. The lowest BCUT2D eigenvalue weighted by atomic mass is 9.91. The molecule has 0 atom stereocenters. The van der Waals surface area contributed by atoms with E-state index in [1.165, 1.54) is 64.5 Å². The van der Waals surface area contributed by atoms with Gasteiger partial charge in [-0.3, -0.25) is 29.8 Å². The Hall–Kier alpha value is -6.35. The third-order valence-electron chi connectivity index (χ3n) is 12.2. The number of pyridine rings is 1. The predicted octanol–water partition coefficient (Wildman–Crippen LogP) is 9.54. The van der Waals surface area contributed by atoms with Crippen LogP contribution in [0.5, 0.6) is 0 Å². The van der Waals surface area contributed by atoms with Crippen molar-refractivity contribution >= 4 is 83.3 Å². The van der Waals surface area contributed by atoms with Gasteiger partial charge in [0.15, 0.2) is 0 Å². The summed E-state index contributed by atoms with van der Waals surface area (Å²) in [6, 6.07) is 27.7. The summed E-state index contributed by atoms with van der Waals surface area (Å²) >= 11 is 8.12. The van der Waals surface area contributed by atoms with Gasteiger partial charge in [-0.25, -0.2) is 21.8 Å². The minimum Gasteiger partial charge on any atom is -0.366 e. The molecule has 3 aromatic carbocycles. The second-order valence-electron chi connectivity index (χ2n) is 17.2. The van der Waals surface area contributed by atoms with Gasteiger partial charge >= 0.3 is 6.18 Å². The number of nitro benzene ring substituents is 2. The number of benzene rings is 3. The normalized spacial score (nSPS) is 15.1. The zero-order chi connectivity index (χ0) is 53.2. The van der Waals surface area contributed by atoms with E-state index in [4.69, 9.17) is 11.6 Å². The lowest BCUT2D eigenvalue weighted by molar-refractivity contribution is -0.385. The van der Waals surface area contributed by atoms with Gasteiger partial charge in [-0.05, 0) is 105 Å². The molecular weight excluding hydrogens is 1070 g/mol. The Morgan fingerprint density at radius 1 is 0.689 bits per heavy atom. The maximum absolute atomic E-state index is 13.1. The summed E-state index contributed by atoms with van der Waals surface area (Å²) in [6.45, 7) is 1.66. The number of anilines is 1. The number of carbonyl (C=O) groups is 2. The van der Waals surface area contributed by atoms with Crippen molar-refractivity contribution in [2.75, 3.05) is 31.5 Å². The van der Waals surface area contributed by atoms with E-state index in [2.05, 4.69) is 33.1 Å². The number of non-ortho nitro benzene ring substituents is 2. The Labute approximate surface area is 437 Å². The molecule has 0 saturated carbocycles. The van der Waals surface area contributed by atoms with Gasteiger partial charge in [0.1, 0.15) is 14.2 Å². The van der Waals surface area contributed by atoms with Crippen LogP contribution in [0.1, 0.15) is 73.7 Å². The highest BCUT2D eigenvalue weighted by atomic mass is 35.5. The number of aromatic nitrogens is 1. The molecule has 74 heavy (non-hydrogen) atoms. The van der Waals surface area contributed by atoms with Crippen LogP contribution in [-0.2, 0) is 45.7 Å². The number of hydrogen-bond donors (Lipinski definition) is 3. The number of carbonyl (C=O) groups excluding carboxylic acids is 2. The number of aryl methyl sites for hydroxylation is 1. The number of alkyl halides is 3. The van der Waals surface area contributed by atoms with Gasteiger partial charge in [0.25, 0.3) is 43.2 Å². The van der Waals surface area contributed by atoms with E-state index < -0.39 is 47.5 Å². The van der Waals surface area contributed by atoms with Gasteiger partial charge in [-0.2, -0.15) is 21.8 Å². The minimum atomic E-state index is -4.56. The van der Waals surface area contributed by atoms with E-state index in [0.29, 0.717) is 48.5 Å². The summed E-state index contributed by atoms with van der Waals surface area (Å²) in [5, 5.41) is 29.7. The average Bonchev–Trinajstić information content (AvgIpc) is 4.10. The Bertz CT molecular complexity index is 3170. The first-order valence-corrected chi connectivity index (χ1v) is 27.8. The van der Waals surface area contributed by atoms with Crippen LogP contribution in [0.3, 0.4) is 0 Å². The van der Waals surface area contributed by atoms with Crippen molar-refractivity contribution in [3.63, 3.8) is 0 Å². The molecule has 26 heteroatoms. The van der Waals surface area contributed by atoms with Gasteiger partial charge in [-0.1, -0.05) is 41.9 Å². The van der Waals surface area contributed by atoms with E-state index >= 15 is 0 Å². The Kier molecular flexibility index (Phi) is 18.2. The predicted molar refractivity (Wildman–Crippen MR) is 273 cm³/mol. The van der Waals surface area contributed by atoms with Crippen molar-refractivity contribution in [2.24, 2.45) is 5.92 Å². The van der Waals surface area contributed by atoms with E-state index in [0.717, 1.165) is 59.3 Å². The van der Waals surface area contributed by atoms with E-state index in [9.17, 15) is 59.8 Å². The van der Waals surface area contributed by atoms with Crippen LogP contribution in [0, 0.1) is 26.1 Å². The van der Waals surface area contributed by atoms with Crippen LogP contribution in [0.25, 0.3) is 0 Å². The van der Waals surface area contributed by atoms with Crippen LogP contribution in [0.4, 0.5) is 30.4 Å². The van der Waals surface area contributed by atoms with E-state index in [1.54, 1.807) is 22.5 Å². The van der Waals surface area contributed by atoms with Crippen molar-refractivity contribution in [3.05, 3.63) is 173 Å². The van der Waals surface area contributed by atoms with Crippen molar-refractivity contribution in [2.45, 2.75) is 72.3 Å². The first-order valence-electron chi connectivity index (χ1n) is 22.9. The highest BCUT2D eigenvalue weighted by molar-refractivity contribution is 7.91. The molecule has 6 aromatic rings. The van der Waals surface area contributed by atoms with Gasteiger partial charge in [0, 0.05) is 83.6 Å². The maximum Gasteiger partial charge on any atom is 0.417 e. The number of nitrogens with zero attached hydrogens (tertiary/aromatic N) is 5. The molecule has 2 aliphatic rings. The van der Waals surface area contributed by atoms with Crippen LogP contribution in [0.2, 0.25) is 5.02 Å². The fraction of sp³-hybridized carbons (Fsp3) is 0.312. The summed E-state index contributed by atoms with van der Waals surface area (Å²) in [5.74, 6) is -0.213. The minimum absolute atomic E-state index is 0.0723. The van der Waals surface area contributed by atoms with Crippen molar-refractivity contribution < 1.29 is 49.4 Å². The van der Waals surface area contributed by atoms with Crippen LogP contribution in [0.15, 0.2) is 124 Å². The molecule has 8 rings (SSSR count). The number of thiophene rings is 2. The first-order chi connectivity index (χ1) is 35.2. The molecule has 0 spiro atoms. The van der Waals surface area contributed by atoms with E-state index in [1.807, 2.05) is 18.2 Å². The number of sulfonamides is 2. The fourth-order valence-corrected chi connectivity index (χ4v) is 14.1. The summed E-state index contributed by atoms with van der Waals surface area (Å²) < 4.78 is 94.3. The zero-order valence-electron chi connectivity index (χ0n) is 39.1. The molecule has 2 saturated heterocycles. The summed E-state index contributed by atoms with van der Waals surface area (Å²) in [6.07, 6.45) is 0.703. The molecule has 3 aromatic heterocycles. The molecule has 2 aliphatic heterocycles. The molecule has 18 nitrogen and oxygen atoms in total. The van der Waals surface area contributed by atoms with Gasteiger partial charge in [-0.15, -0.1) is 22.7 Å². The molecule has 392 valence electrons. The van der Waals surface area contributed by atoms with Gasteiger partial charge in [0.2, 0.25) is 0 Å². The Morgan fingerprint density at radius 2 is 1.15 bits per heavy atom. The lowest BCUT2D eigenvalue weighted by Gasteiger charge is -2.31. The quantitative estimate of drug-likeness (QED) is 0.0571. The summed E-state index contributed by atoms with van der Waals surface area (Å²) in [4.78, 5) is 50.1. The van der Waals surface area contributed by atoms with Crippen molar-refractivity contribution in [3.8, 4) is 0 Å². The average molecular weight is 1120 g/mol. The lowest BCUT2D eigenvalue weighted by Crippen LogP contribution is -2.42. The van der Waals surface area contributed by atoms with Crippen LogP contribution >= 0.6 is 34.3 Å². The molecule has 0 unspecified atom stereocenters. The SMILES string of the molecule is O=C(NCc1ccc(S(=O)(=O)N2CCC(CCc3ccccc3)CC2)s1)c1ccc([N+](=O)[O-])cc1.O=C(NCc1ccc(S(=O)(=O)N2CCC(Nc3ncc(C(F)(F)F)cc3Cl)CC2)s1)c1ccc([N+](=O)[O-])cc1. The molecule has 2 amide bonds. The summed E-state index contributed by atoms with van der Waals surface area (Å²) in [5.41, 5.74) is 0.660. The smallest absolute Gasteiger partial charge is 0.366 e. The third-order valence-corrected chi connectivity index (χ3v) is 19.4. The highest BCUT2D eigenvalue weighted by Crippen LogP contribution is 2.34. The molecule has 3 N–H and O–H groups in total. The molecule has 0 radical (unpaired) electrons. The number of amides is 2. The van der Waals surface area contributed by atoms with E-state index in [-0.39, 0.29) is 74.3 Å². The fourth-order valence-electron chi connectivity index (χ4n) is 8.03. The van der Waals surface area contributed by atoms with Gasteiger partial charge in [0.05, 0.1) is 33.5 Å². The molecular formula is C48H48ClF3N8O10S4. The zero-order valence-corrected chi connectivity index (χ0v) is 43.1. The summed E-state index contributed by atoms with van der Waals surface area (Å²) in [7, 11) is -7.35. The number of hydrogen-bond acceptors (Lipinski definition) is 14. The monoisotopic (exact) mass is 1120 g/mol. The second kappa shape index (κ2) is 24.3. The third kappa shape index (κ3) is 14.5. The molecule has 0 bridgehead atoms. The molecule has 2 fully saturated rings. The first kappa shape index (κ1) is 55.4. The van der Waals surface area contributed by atoms with Crippen molar-refractivity contribution in [1.29, 1.82) is 0 Å². The molecule has 5 heterocycles. The topological polar surface area (TPSA) is 244 Å².